The maximum atomic E-state index is 13.0. The largest absolute Gasteiger partial charge is 0.481 e. The molecule has 0 spiro atoms. The van der Waals surface area contributed by atoms with Crippen molar-refractivity contribution in [3.8, 4) is 0 Å². The molecule has 4 rings (SSSR count). The van der Waals surface area contributed by atoms with E-state index >= 15 is 0 Å². The highest BCUT2D eigenvalue weighted by Gasteiger charge is 2.55. The summed E-state index contributed by atoms with van der Waals surface area (Å²) in [6.45, 7) is 3.39. The van der Waals surface area contributed by atoms with Crippen LogP contribution in [0.3, 0.4) is 0 Å². The van der Waals surface area contributed by atoms with Gasteiger partial charge >= 0.3 is 5.97 Å². The van der Waals surface area contributed by atoms with E-state index in [-0.39, 0.29) is 30.2 Å². The van der Waals surface area contributed by atoms with E-state index in [2.05, 4.69) is 5.32 Å². The van der Waals surface area contributed by atoms with E-state index in [1.165, 1.54) is 0 Å². The Kier molecular flexibility index (Phi) is 4.42. The topological polar surface area (TPSA) is 95.9 Å². The summed E-state index contributed by atoms with van der Waals surface area (Å²) in [5.74, 6) is -0.793. The number of carbonyl (C=O) groups is 3. The summed E-state index contributed by atoms with van der Waals surface area (Å²) < 4.78 is 5.44. The first-order valence-electron chi connectivity index (χ1n) is 9.42. The molecule has 2 N–H and O–H groups in total. The summed E-state index contributed by atoms with van der Waals surface area (Å²) in [5.41, 5.74) is 0.136. The minimum atomic E-state index is -0.915. The van der Waals surface area contributed by atoms with Crippen LogP contribution in [0, 0.1) is 23.2 Å². The summed E-state index contributed by atoms with van der Waals surface area (Å²) in [4.78, 5) is 38.6. The first-order chi connectivity index (χ1) is 12.9. The van der Waals surface area contributed by atoms with Gasteiger partial charge < -0.3 is 20.1 Å². The third kappa shape index (κ3) is 3.20. The number of ether oxygens (including phenoxy) is 1. The van der Waals surface area contributed by atoms with E-state index in [1.807, 2.05) is 6.92 Å². The SMILES string of the molecule is CC1CC1C(=O)Nc1cccc(C(=O)N2C[C@H]3COCC[C@@]3(C(=O)O)C2)c1. The van der Waals surface area contributed by atoms with Gasteiger partial charge in [-0.3, -0.25) is 14.4 Å². The number of aliphatic carboxylic acids is 1. The predicted molar refractivity (Wildman–Crippen MR) is 97.2 cm³/mol. The van der Waals surface area contributed by atoms with Gasteiger partial charge in [-0.15, -0.1) is 0 Å². The maximum absolute atomic E-state index is 13.0. The number of hydrogen-bond donors (Lipinski definition) is 2. The molecule has 7 heteroatoms. The highest BCUT2D eigenvalue weighted by atomic mass is 16.5. The predicted octanol–water partition coefficient (Wildman–Crippen LogP) is 1.84. The Morgan fingerprint density at radius 2 is 2.11 bits per heavy atom. The number of carboxylic acids is 1. The Bertz CT molecular complexity index is 794. The second-order valence-electron chi connectivity index (χ2n) is 8.06. The van der Waals surface area contributed by atoms with Gasteiger partial charge in [-0.25, -0.2) is 0 Å². The molecule has 144 valence electrons. The van der Waals surface area contributed by atoms with Crippen LogP contribution in [0.25, 0.3) is 0 Å². The Balaban J connectivity index is 1.49. The lowest BCUT2D eigenvalue weighted by atomic mass is 9.74. The van der Waals surface area contributed by atoms with Crippen molar-refractivity contribution in [3.63, 3.8) is 0 Å². The van der Waals surface area contributed by atoms with E-state index in [4.69, 9.17) is 4.74 Å². The number of benzene rings is 1. The number of rotatable bonds is 4. The van der Waals surface area contributed by atoms with Gasteiger partial charge in [0.05, 0.1) is 12.0 Å². The lowest BCUT2D eigenvalue weighted by molar-refractivity contribution is -0.157. The third-order valence-corrected chi connectivity index (χ3v) is 6.24. The summed E-state index contributed by atoms with van der Waals surface area (Å²) in [6, 6.07) is 6.86. The highest BCUT2D eigenvalue weighted by molar-refractivity contribution is 5.98. The van der Waals surface area contributed by atoms with Crippen molar-refractivity contribution in [2.45, 2.75) is 19.8 Å². The fourth-order valence-electron chi connectivity index (χ4n) is 4.29. The van der Waals surface area contributed by atoms with Crippen LogP contribution in [-0.2, 0) is 14.3 Å². The van der Waals surface area contributed by atoms with Gasteiger partial charge in [0, 0.05) is 42.8 Å². The molecule has 0 bridgehead atoms. The van der Waals surface area contributed by atoms with Crippen LogP contribution >= 0.6 is 0 Å². The fourth-order valence-corrected chi connectivity index (χ4v) is 4.29. The van der Waals surface area contributed by atoms with Gasteiger partial charge in [0.25, 0.3) is 5.91 Å². The van der Waals surface area contributed by atoms with Crippen LogP contribution < -0.4 is 5.32 Å². The van der Waals surface area contributed by atoms with Crippen molar-refractivity contribution in [2.24, 2.45) is 23.2 Å². The monoisotopic (exact) mass is 372 g/mol. The molecule has 2 amide bonds. The lowest BCUT2D eigenvalue weighted by Crippen LogP contribution is -2.45. The standard InChI is InChI=1S/C20H24N2O5/c1-12-7-16(12)17(23)21-15-4-2-3-13(8-15)18(24)22-9-14-10-27-6-5-20(14,11-22)19(25)26/h2-4,8,12,14,16H,5-7,9-11H2,1H3,(H,21,23)(H,25,26)/t12?,14-,16?,20+/m0/s1. The molecule has 2 saturated heterocycles. The average molecular weight is 372 g/mol. The number of fused-ring (bicyclic) bond motifs is 1. The molecular formula is C20H24N2O5. The van der Waals surface area contributed by atoms with Crippen LogP contribution in [0.2, 0.25) is 0 Å². The molecule has 0 radical (unpaired) electrons. The molecule has 3 aliphatic rings. The van der Waals surface area contributed by atoms with Crippen molar-refractivity contribution < 1.29 is 24.2 Å². The van der Waals surface area contributed by atoms with Crippen molar-refractivity contribution >= 4 is 23.5 Å². The maximum Gasteiger partial charge on any atom is 0.311 e. The van der Waals surface area contributed by atoms with Crippen LogP contribution in [-0.4, -0.2) is 54.1 Å². The number of nitrogens with zero attached hydrogens (tertiary/aromatic N) is 1. The van der Waals surface area contributed by atoms with Crippen LogP contribution in [0.15, 0.2) is 24.3 Å². The van der Waals surface area contributed by atoms with Gasteiger partial charge in [0.1, 0.15) is 0 Å². The molecule has 0 aromatic heterocycles. The molecule has 2 aliphatic heterocycles. The summed E-state index contributed by atoms with van der Waals surface area (Å²) in [6.07, 6.45) is 1.32. The van der Waals surface area contributed by atoms with E-state index in [1.54, 1.807) is 29.2 Å². The van der Waals surface area contributed by atoms with Crippen LogP contribution in [0.4, 0.5) is 5.69 Å². The van der Waals surface area contributed by atoms with Gasteiger partial charge in [-0.05, 0) is 37.0 Å². The van der Waals surface area contributed by atoms with Gasteiger partial charge in [-0.2, -0.15) is 0 Å². The number of carboxylic acid groups (broad SMARTS) is 1. The van der Waals surface area contributed by atoms with Crippen molar-refractivity contribution in [2.75, 3.05) is 31.6 Å². The minimum Gasteiger partial charge on any atom is -0.481 e. The summed E-state index contributed by atoms with van der Waals surface area (Å²) in [5, 5.41) is 12.6. The molecule has 2 unspecified atom stereocenters. The van der Waals surface area contributed by atoms with Crippen molar-refractivity contribution in [1.29, 1.82) is 0 Å². The zero-order valence-electron chi connectivity index (χ0n) is 15.3. The normalized spacial score (nSPS) is 31.9. The first-order valence-corrected chi connectivity index (χ1v) is 9.42. The van der Waals surface area contributed by atoms with E-state index in [0.29, 0.717) is 43.3 Å². The second kappa shape index (κ2) is 6.64. The van der Waals surface area contributed by atoms with Crippen LogP contribution in [0.5, 0.6) is 0 Å². The average Bonchev–Trinajstić information content (AvgIpc) is 3.25. The smallest absolute Gasteiger partial charge is 0.311 e. The van der Waals surface area contributed by atoms with Gasteiger partial charge in [0.2, 0.25) is 5.91 Å². The Morgan fingerprint density at radius 3 is 2.78 bits per heavy atom. The highest BCUT2D eigenvalue weighted by Crippen LogP contribution is 2.43. The number of hydrogen-bond acceptors (Lipinski definition) is 4. The quantitative estimate of drug-likeness (QED) is 0.841. The molecule has 4 atom stereocenters. The minimum absolute atomic E-state index is 0.0127. The van der Waals surface area contributed by atoms with E-state index in [9.17, 15) is 19.5 Å². The number of amides is 2. The molecule has 7 nitrogen and oxygen atoms in total. The summed E-state index contributed by atoms with van der Waals surface area (Å²) >= 11 is 0. The molecule has 2 heterocycles. The number of likely N-dealkylation sites (tertiary alicyclic amines) is 1. The fraction of sp³-hybridized carbons (Fsp3) is 0.550. The molecule has 3 fully saturated rings. The summed E-state index contributed by atoms with van der Waals surface area (Å²) in [7, 11) is 0. The van der Waals surface area contributed by atoms with Crippen molar-refractivity contribution in [3.05, 3.63) is 29.8 Å². The number of nitrogens with one attached hydrogen (secondary N) is 1. The molecule has 1 aliphatic carbocycles. The molecular weight excluding hydrogens is 348 g/mol. The lowest BCUT2D eigenvalue weighted by Gasteiger charge is -2.33. The number of carbonyl (C=O) groups excluding carboxylic acids is 2. The zero-order chi connectivity index (χ0) is 19.2. The molecule has 1 aromatic carbocycles. The first kappa shape index (κ1) is 18.0. The second-order valence-corrected chi connectivity index (χ2v) is 8.06. The molecule has 1 saturated carbocycles. The molecule has 27 heavy (non-hydrogen) atoms. The van der Waals surface area contributed by atoms with Gasteiger partial charge in [-0.1, -0.05) is 13.0 Å². The Morgan fingerprint density at radius 1 is 1.33 bits per heavy atom. The third-order valence-electron chi connectivity index (χ3n) is 6.24. The zero-order valence-corrected chi connectivity index (χ0v) is 15.3. The van der Waals surface area contributed by atoms with Crippen molar-refractivity contribution in [1.82, 2.24) is 4.90 Å². The molecule has 1 aromatic rings. The van der Waals surface area contributed by atoms with E-state index < -0.39 is 11.4 Å². The van der Waals surface area contributed by atoms with Crippen LogP contribution in [0.1, 0.15) is 30.1 Å². The number of anilines is 1. The van der Waals surface area contributed by atoms with Gasteiger partial charge in [0.15, 0.2) is 0 Å². The Labute approximate surface area is 157 Å². The van der Waals surface area contributed by atoms with E-state index in [0.717, 1.165) is 6.42 Å². The Hall–Kier alpha value is -2.41.